The van der Waals surface area contributed by atoms with Crippen molar-refractivity contribution in [3.8, 4) is 0 Å². The molecule has 4 heteroatoms. The van der Waals surface area contributed by atoms with Crippen LogP contribution in [0.25, 0.3) is 0 Å². The van der Waals surface area contributed by atoms with Gasteiger partial charge in [-0.25, -0.2) is 4.98 Å². The first kappa shape index (κ1) is 14.5. The van der Waals surface area contributed by atoms with Crippen molar-refractivity contribution in [2.75, 3.05) is 20.1 Å². The summed E-state index contributed by atoms with van der Waals surface area (Å²) >= 11 is 0. The Morgan fingerprint density at radius 3 is 3.00 bits per heavy atom. The second kappa shape index (κ2) is 7.06. The van der Waals surface area contributed by atoms with Crippen LogP contribution < -0.4 is 5.32 Å². The lowest BCUT2D eigenvalue weighted by atomic mass is 10.0. The highest BCUT2D eigenvalue weighted by molar-refractivity contribution is 4.99. The van der Waals surface area contributed by atoms with Gasteiger partial charge in [-0.3, -0.25) is 0 Å². The van der Waals surface area contributed by atoms with E-state index < -0.39 is 0 Å². The zero-order valence-electron chi connectivity index (χ0n) is 12.6. The third-order valence-corrected chi connectivity index (χ3v) is 3.99. The average molecular weight is 264 g/mol. The van der Waals surface area contributed by atoms with E-state index in [1.54, 1.807) is 0 Å². The molecule has 1 aliphatic rings. The van der Waals surface area contributed by atoms with Gasteiger partial charge in [0.15, 0.2) is 0 Å². The van der Waals surface area contributed by atoms with E-state index in [1.807, 2.05) is 12.5 Å². The van der Waals surface area contributed by atoms with Crippen LogP contribution in [0.5, 0.6) is 0 Å². The molecule has 0 saturated carbocycles. The number of piperidine rings is 1. The smallest absolute Gasteiger partial charge is 0.0949 e. The number of aromatic nitrogens is 2. The molecule has 1 aromatic rings. The molecule has 1 aliphatic heterocycles. The van der Waals surface area contributed by atoms with Crippen LogP contribution in [-0.4, -0.2) is 40.6 Å². The molecule has 1 N–H and O–H groups in total. The molecule has 0 spiro atoms. The number of hydrogen-bond donors (Lipinski definition) is 1. The minimum atomic E-state index is 0.673. The van der Waals surface area contributed by atoms with E-state index in [4.69, 9.17) is 0 Å². The predicted molar refractivity (Wildman–Crippen MR) is 79.0 cm³/mol. The fraction of sp³-hybridized carbons (Fsp3) is 0.800. The maximum atomic E-state index is 4.31. The van der Waals surface area contributed by atoms with Gasteiger partial charge in [-0.15, -0.1) is 0 Å². The van der Waals surface area contributed by atoms with Crippen molar-refractivity contribution in [3.05, 3.63) is 18.2 Å². The van der Waals surface area contributed by atoms with Gasteiger partial charge in [0.05, 0.1) is 12.0 Å². The highest BCUT2D eigenvalue weighted by Gasteiger charge is 2.19. The van der Waals surface area contributed by atoms with E-state index in [2.05, 4.69) is 40.7 Å². The lowest BCUT2D eigenvalue weighted by molar-refractivity contribution is 0.166. The Morgan fingerprint density at radius 1 is 1.42 bits per heavy atom. The van der Waals surface area contributed by atoms with Crippen LogP contribution >= 0.6 is 0 Å². The van der Waals surface area contributed by atoms with Crippen LogP contribution in [0.2, 0.25) is 0 Å². The van der Waals surface area contributed by atoms with Crippen LogP contribution in [-0.2, 0) is 13.1 Å². The molecule has 108 valence electrons. The first-order chi connectivity index (χ1) is 9.16. The largest absolute Gasteiger partial charge is 0.332 e. The lowest BCUT2D eigenvalue weighted by Gasteiger charge is -2.33. The monoisotopic (exact) mass is 264 g/mol. The number of nitrogens with one attached hydrogen (secondary N) is 1. The molecule has 0 aliphatic carbocycles. The summed E-state index contributed by atoms with van der Waals surface area (Å²) in [6.45, 7) is 8.78. The van der Waals surface area contributed by atoms with Crippen LogP contribution in [0, 0.1) is 5.92 Å². The Kier molecular flexibility index (Phi) is 5.40. The van der Waals surface area contributed by atoms with Crippen LogP contribution in [0.1, 0.15) is 38.8 Å². The predicted octanol–water partition coefficient (Wildman–Crippen LogP) is 2.11. The van der Waals surface area contributed by atoms with Gasteiger partial charge in [-0.2, -0.15) is 0 Å². The summed E-state index contributed by atoms with van der Waals surface area (Å²) in [5, 5.41) is 3.50. The minimum absolute atomic E-state index is 0.673. The molecule has 1 aromatic heterocycles. The van der Waals surface area contributed by atoms with E-state index in [-0.39, 0.29) is 0 Å². The third-order valence-electron chi connectivity index (χ3n) is 3.99. The standard InChI is InChI=1S/C15H28N4/c1-13(2)8-16-9-15-10-17-12-19(15)11-14-6-4-5-7-18(14)3/h10,12-14,16H,4-9,11H2,1-3H3. The highest BCUT2D eigenvalue weighted by atomic mass is 15.2. The second-order valence-electron chi connectivity index (χ2n) is 6.19. The van der Waals surface area contributed by atoms with E-state index in [0.717, 1.165) is 19.6 Å². The zero-order valence-corrected chi connectivity index (χ0v) is 12.6. The van der Waals surface area contributed by atoms with Crippen molar-refractivity contribution in [1.82, 2.24) is 19.8 Å². The summed E-state index contributed by atoms with van der Waals surface area (Å²) in [5.74, 6) is 0.695. The number of nitrogens with zero attached hydrogens (tertiary/aromatic N) is 3. The van der Waals surface area contributed by atoms with Crippen molar-refractivity contribution >= 4 is 0 Å². The molecule has 2 rings (SSSR count). The molecule has 1 fully saturated rings. The molecule has 0 aromatic carbocycles. The fourth-order valence-corrected chi connectivity index (χ4v) is 2.75. The van der Waals surface area contributed by atoms with Crippen molar-refractivity contribution in [1.29, 1.82) is 0 Å². The summed E-state index contributed by atoms with van der Waals surface area (Å²) in [5.41, 5.74) is 1.31. The van der Waals surface area contributed by atoms with Gasteiger partial charge in [-0.05, 0) is 38.9 Å². The van der Waals surface area contributed by atoms with Crippen molar-refractivity contribution in [2.45, 2.75) is 52.2 Å². The molecule has 2 heterocycles. The van der Waals surface area contributed by atoms with E-state index >= 15 is 0 Å². The Hall–Kier alpha value is -0.870. The summed E-state index contributed by atoms with van der Waals surface area (Å²) in [6.07, 6.45) is 8.00. The molecule has 1 atom stereocenters. The molecule has 4 nitrogen and oxygen atoms in total. The molecular formula is C15H28N4. The van der Waals surface area contributed by atoms with Gasteiger partial charge in [-0.1, -0.05) is 20.3 Å². The molecule has 0 amide bonds. The van der Waals surface area contributed by atoms with E-state index in [9.17, 15) is 0 Å². The quantitative estimate of drug-likeness (QED) is 0.854. The summed E-state index contributed by atoms with van der Waals surface area (Å²) in [7, 11) is 2.25. The van der Waals surface area contributed by atoms with Gasteiger partial charge in [0.1, 0.15) is 0 Å². The molecule has 0 bridgehead atoms. The molecule has 1 unspecified atom stereocenters. The van der Waals surface area contributed by atoms with E-state index in [0.29, 0.717) is 12.0 Å². The number of rotatable bonds is 6. The summed E-state index contributed by atoms with van der Waals surface area (Å²) in [4.78, 5) is 6.81. The molecule has 0 radical (unpaired) electrons. The number of likely N-dealkylation sites (tertiary alicyclic amines) is 1. The second-order valence-corrected chi connectivity index (χ2v) is 6.19. The number of likely N-dealkylation sites (N-methyl/N-ethyl adjacent to an activating group) is 1. The first-order valence-electron chi connectivity index (χ1n) is 7.56. The van der Waals surface area contributed by atoms with Crippen molar-refractivity contribution < 1.29 is 0 Å². The Balaban J connectivity index is 1.87. The molecular weight excluding hydrogens is 236 g/mol. The molecule has 19 heavy (non-hydrogen) atoms. The molecule has 1 saturated heterocycles. The Morgan fingerprint density at radius 2 is 2.26 bits per heavy atom. The topological polar surface area (TPSA) is 33.1 Å². The van der Waals surface area contributed by atoms with Crippen LogP contribution in [0.15, 0.2) is 12.5 Å². The van der Waals surface area contributed by atoms with E-state index in [1.165, 1.54) is 31.5 Å². The van der Waals surface area contributed by atoms with Gasteiger partial charge in [0.25, 0.3) is 0 Å². The van der Waals surface area contributed by atoms with Crippen molar-refractivity contribution in [3.63, 3.8) is 0 Å². The average Bonchev–Trinajstić information content (AvgIpc) is 2.79. The van der Waals surface area contributed by atoms with Crippen molar-refractivity contribution in [2.24, 2.45) is 5.92 Å². The Bertz CT molecular complexity index is 372. The number of imidazole rings is 1. The lowest BCUT2D eigenvalue weighted by Crippen LogP contribution is -2.39. The van der Waals surface area contributed by atoms with Gasteiger partial charge >= 0.3 is 0 Å². The van der Waals surface area contributed by atoms with Crippen LogP contribution in [0.3, 0.4) is 0 Å². The zero-order chi connectivity index (χ0) is 13.7. The van der Waals surface area contributed by atoms with Crippen LogP contribution in [0.4, 0.5) is 0 Å². The van der Waals surface area contributed by atoms with Gasteiger partial charge < -0.3 is 14.8 Å². The third kappa shape index (κ3) is 4.32. The maximum Gasteiger partial charge on any atom is 0.0949 e. The summed E-state index contributed by atoms with van der Waals surface area (Å²) < 4.78 is 2.32. The highest BCUT2D eigenvalue weighted by Crippen LogP contribution is 2.17. The Labute approximate surface area is 117 Å². The fourth-order valence-electron chi connectivity index (χ4n) is 2.75. The maximum absolute atomic E-state index is 4.31. The number of hydrogen-bond acceptors (Lipinski definition) is 3. The normalized spacial score (nSPS) is 21.2. The van der Waals surface area contributed by atoms with Gasteiger partial charge in [0.2, 0.25) is 0 Å². The minimum Gasteiger partial charge on any atom is -0.332 e. The van der Waals surface area contributed by atoms with Gasteiger partial charge in [0, 0.05) is 25.3 Å². The first-order valence-corrected chi connectivity index (χ1v) is 7.56. The summed E-state index contributed by atoms with van der Waals surface area (Å²) in [6, 6.07) is 0.673. The SMILES string of the molecule is CC(C)CNCc1cncn1CC1CCCCN1C.